The van der Waals surface area contributed by atoms with Gasteiger partial charge >= 0.3 is 18.0 Å². The minimum atomic E-state index is -5.75. The van der Waals surface area contributed by atoms with Crippen molar-refractivity contribution in [2.24, 2.45) is 10.8 Å². The molecule has 0 N–H and O–H groups in total. The van der Waals surface area contributed by atoms with Crippen molar-refractivity contribution in [3.8, 4) is 0 Å². The summed E-state index contributed by atoms with van der Waals surface area (Å²) in [7, 11) is 0. The van der Waals surface area contributed by atoms with Crippen LogP contribution < -0.4 is 0 Å². The molecule has 146 valence electrons. The number of hydrogen-bond donors (Lipinski definition) is 0. The van der Waals surface area contributed by atoms with Crippen molar-refractivity contribution in [1.82, 2.24) is 0 Å². The Morgan fingerprint density at radius 3 is 1.38 bits per heavy atom. The van der Waals surface area contributed by atoms with Crippen molar-refractivity contribution >= 4 is 0 Å². The highest BCUT2D eigenvalue weighted by atomic mass is 19.3. The maximum Gasteiger partial charge on any atom is 0.424 e. The van der Waals surface area contributed by atoms with E-state index in [1.807, 2.05) is 0 Å². The molecule has 0 aromatic carbocycles. The topological polar surface area (TPSA) is 9.23 Å². The fraction of sp³-hybridized carbons (Fsp3) is 1.00. The lowest BCUT2D eigenvalue weighted by Crippen LogP contribution is -2.66. The minimum Gasteiger partial charge on any atom is -0.271 e. The third-order valence-electron chi connectivity index (χ3n) is 4.75. The molecule has 0 fully saturated rings. The molecule has 0 radical (unpaired) electrons. The van der Waals surface area contributed by atoms with Crippen molar-refractivity contribution in [2.45, 2.75) is 78.2 Å². The van der Waals surface area contributed by atoms with Crippen LogP contribution in [-0.4, -0.2) is 30.5 Å². The Labute approximate surface area is 136 Å². The Balaban J connectivity index is 6.35. The summed E-state index contributed by atoms with van der Waals surface area (Å²) in [4.78, 5) is 0. The van der Waals surface area contributed by atoms with E-state index >= 15 is 4.39 Å². The Morgan fingerprint density at radius 1 is 0.708 bits per heavy atom. The summed E-state index contributed by atoms with van der Waals surface area (Å²) in [6, 6.07) is 0. The molecule has 1 unspecified atom stereocenters. The first-order valence-electron chi connectivity index (χ1n) is 7.47. The van der Waals surface area contributed by atoms with Crippen molar-refractivity contribution < 1.29 is 39.9 Å². The Bertz CT molecular complexity index is 431. The molecule has 24 heavy (non-hydrogen) atoms. The average Bonchev–Trinajstić information content (AvgIpc) is 2.45. The van der Waals surface area contributed by atoms with Gasteiger partial charge in [-0.1, -0.05) is 41.5 Å². The molecule has 0 aliphatic heterocycles. The molecule has 0 rings (SSSR count). The van der Waals surface area contributed by atoms with Crippen LogP contribution in [0.3, 0.4) is 0 Å². The van der Waals surface area contributed by atoms with Crippen LogP contribution in [0.2, 0.25) is 0 Å². The predicted octanol–water partition coefficient (Wildman–Crippen LogP) is 6.37. The van der Waals surface area contributed by atoms with Crippen molar-refractivity contribution in [2.75, 3.05) is 6.67 Å². The summed E-state index contributed by atoms with van der Waals surface area (Å²) in [6.07, 6.45) is -6.52. The molecule has 0 aromatic rings. The lowest BCUT2D eigenvalue weighted by molar-refractivity contribution is -0.465. The highest BCUT2D eigenvalue weighted by Crippen LogP contribution is 2.59. The molecule has 0 saturated heterocycles. The first kappa shape index (κ1) is 23.4. The van der Waals surface area contributed by atoms with Gasteiger partial charge in [0, 0.05) is 10.8 Å². The van der Waals surface area contributed by atoms with Gasteiger partial charge in [0.05, 0.1) is 0 Å². The Morgan fingerprint density at radius 2 is 1.08 bits per heavy atom. The zero-order chi connectivity index (χ0) is 19.8. The molecule has 0 aromatic heterocycles. The van der Waals surface area contributed by atoms with Gasteiger partial charge in [0.2, 0.25) is 0 Å². The van der Waals surface area contributed by atoms with E-state index in [-0.39, 0.29) is 6.42 Å². The minimum absolute atomic E-state index is 0.347. The second kappa shape index (κ2) is 6.61. The fourth-order valence-corrected chi connectivity index (χ4v) is 1.84. The second-order valence-corrected chi connectivity index (χ2v) is 7.10. The summed E-state index contributed by atoms with van der Waals surface area (Å²) in [5, 5.41) is 0. The Kier molecular flexibility index (Phi) is 6.44. The average molecular weight is 372 g/mol. The molecule has 0 aliphatic rings. The van der Waals surface area contributed by atoms with Crippen LogP contribution in [0.5, 0.6) is 0 Å². The molecule has 0 spiro atoms. The smallest absolute Gasteiger partial charge is 0.271 e. The van der Waals surface area contributed by atoms with Crippen LogP contribution in [0, 0.1) is 10.8 Å². The van der Waals surface area contributed by atoms with Gasteiger partial charge in [0.1, 0.15) is 0 Å². The summed E-state index contributed by atoms with van der Waals surface area (Å²) in [5.41, 5.74) is -4.45. The third-order valence-corrected chi connectivity index (χ3v) is 4.75. The van der Waals surface area contributed by atoms with E-state index in [2.05, 4.69) is 4.74 Å². The molecule has 0 saturated carbocycles. The molecule has 0 heterocycles. The van der Waals surface area contributed by atoms with Crippen LogP contribution in [0.25, 0.3) is 0 Å². The second-order valence-electron chi connectivity index (χ2n) is 7.10. The predicted molar refractivity (Wildman–Crippen MR) is 73.9 cm³/mol. The quantitative estimate of drug-likeness (QED) is 0.427. The normalized spacial score (nSPS) is 17.8. The highest BCUT2D eigenvalue weighted by Gasteiger charge is 2.75. The van der Waals surface area contributed by atoms with E-state index in [1.165, 1.54) is 13.8 Å². The monoisotopic (exact) mass is 372 g/mol. The summed E-state index contributed by atoms with van der Waals surface area (Å²) >= 11 is 0. The molecule has 0 amide bonds. The molecule has 0 aliphatic carbocycles. The maximum atomic E-state index is 15.3. The van der Waals surface area contributed by atoms with Crippen molar-refractivity contribution in [1.29, 1.82) is 0 Å². The first-order chi connectivity index (χ1) is 10.4. The van der Waals surface area contributed by atoms with Gasteiger partial charge < -0.3 is 0 Å². The number of ether oxygens (including phenoxy) is 1. The van der Waals surface area contributed by atoms with Crippen LogP contribution in [0.1, 0.15) is 54.4 Å². The van der Waals surface area contributed by atoms with Gasteiger partial charge in [-0.3, -0.25) is 4.74 Å². The highest BCUT2D eigenvalue weighted by molar-refractivity contribution is 5.04. The van der Waals surface area contributed by atoms with Crippen LogP contribution >= 0.6 is 0 Å². The number of rotatable bonds is 9. The van der Waals surface area contributed by atoms with Gasteiger partial charge in [-0.25, -0.2) is 8.78 Å². The molecule has 9 heteroatoms. The zero-order valence-corrected chi connectivity index (χ0v) is 14.6. The fourth-order valence-electron chi connectivity index (χ4n) is 1.84. The van der Waals surface area contributed by atoms with Gasteiger partial charge in [-0.05, 0) is 12.8 Å². The number of hydrogen-bond acceptors (Lipinski definition) is 1. The summed E-state index contributed by atoms with van der Waals surface area (Å²) in [6.45, 7) is 3.13. The summed E-state index contributed by atoms with van der Waals surface area (Å²) < 4.78 is 114. The van der Waals surface area contributed by atoms with Crippen LogP contribution in [0.4, 0.5) is 35.1 Å². The Hall–Kier alpha value is -0.600. The van der Waals surface area contributed by atoms with E-state index in [0.717, 1.165) is 27.7 Å². The summed E-state index contributed by atoms with van der Waals surface area (Å²) in [5.74, 6) is -14.5. The van der Waals surface area contributed by atoms with E-state index in [4.69, 9.17) is 0 Å². The van der Waals surface area contributed by atoms with E-state index in [0.29, 0.717) is 0 Å². The van der Waals surface area contributed by atoms with Gasteiger partial charge in [-0.2, -0.15) is 26.3 Å². The third kappa shape index (κ3) is 3.51. The lowest BCUT2D eigenvalue weighted by atomic mass is 9.69. The zero-order valence-electron chi connectivity index (χ0n) is 14.6. The lowest BCUT2D eigenvalue weighted by Gasteiger charge is -2.50. The van der Waals surface area contributed by atoms with E-state index in [1.54, 1.807) is 0 Å². The van der Waals surface area contributed by atoms with Crippen LogP contribution in [0.15, 0.2) is 0 Å². The van der Waals surface area contributed by atoms with Crippen molar-refractivity contribution in [3.63, 3.8) is 0 Å². The van der Waals surface area contributed by atoms with Gasteiger partial charge in [-0.15, -0.1) is 0 Å². The number of halogens is 8. The number of alkyl halides is 8. The van der Waals surface area contributed by atoms with Gasteiger partial charge in [0.25, 0.3) is 5.85 Å². The molecule has 0 bridgehead atoms. The van der Waals surface area contributed by atoms with Crippen LogP contribution in [-0.2, 0) is 4.74 Å². The molecular weight excluding hydrogens is 348 g/mol. The first-order valence-corrected chi connectivity index (χ1v) is 7.47. The largest absolute Gasteiger partial charge is 0.424 e. The molecule has 1 atom stereocenters. The molecular formula is C15H24F8O. The van der Waals surface area contributed by atoms with E-state index in [9.17, 15) is 30.7 Å². The molecule has 1 nitrogen and oxygen atoms in total. The van der Waals surface area contributed by atoms with E-state index < -0.39 is 47.7 Å². The standard InChI is InChI=1S/C15H24F8O/c1-7-10(3,4)13(19,20)14(21,11(5,6)8-2)24-15(22,23)12(17,18)9-16/h7-9H2,1-6H3. The maximum absolute atomic E-state index is 15.3. The SMILES string of the molecule is CCC(C)(C)C(F)(F)C(F)(OC(F)(F)C(F)(F)CF)C(C)(C)CC. The van der Waals surface area contributed by atoms with Gasteiger partial charge in [0.15, 0.2) is 6.67 Å². The van der Waals surface area contributed by atoms with Crippen molar-refractivity contribution in [3.05, 3.63) is 0 Å².